The molecule has 0 aromatic heterocycles. The first-order valence-electron chi connectivity index (χ1n) is 5.04. The van der Waals surface area contributed by atoms with Gasteiger partial charge in [-0.2, -0.15) is 0 Å². The molecule has 14 heavy (non-hydrogen) atoms. The molecule has 0 N–H and O–H groups in total. The SMILES string of the molecule is CN1C[C@]2(c3ccccc3)C[C@@H]2C1=S. The van der Waals surface area contributed by atoms with Crippen molar-refractivity contribution in [2.24, 2.45) is 5.92 Å². The number of benzene rings is 1. The zero-order valence-electron chi connectivity index (χ0n) is 8.23. The van der Waals surface area contributed by atoms with Gasteiger partial charge in [-0.1, -0.05) is 42.5 Å². The molecule has 1 aromatic rings. The van der Waals surface area contributed by atoms with Gasteiger partial charge >= 0.3 is 0 Å². The van der Waals surface area contributed by atoms with Crippen molar-refractivity contribution < 1.29 is 0 Å². The van der Waals surface area contributed by atoms with Crippen LogP contribution in [-0.4, -0.2) is 23.5 Å². The fraction of sp³-hybridized carbons (Fsp3) is 0.417. The summed E-state index contributed by atoms with van der Waals surface area (Å²) in [6, 6.07) is 10.8. The average Bonchev–Trinajstić information content (AvgIpc) is 2.88. The number of thiocarbonyl (C=S) groups is 1. The molecule has 1 aromatic carbocycles. The Morgan fingerprint density at radius 2 is 2.07 bits per heavy atom. The van der Waals surface area contributed by atoms with Gasteiger partial charge in [0, 0.05) is 24.9 Å². The fourth-order valence-electron chi connectivity index (χ4n) is 2.75. The zero-order valence-corrected chi connectivity index (χ0v) is 9.05. The van der Waals surface area contributed by atoms with Crippen LogP contribution in [0.4, 0.5) is 0 Å². The number of piperidine rings is 1. The maximum Gasteiger partial charge on any atom is 0.0818 e. The molecule has 2 atom stereocenters. The second-order valence-corrected chi connectivity index (χ2v) is 4.89. The lowest BCUT2D eigenvalue weighted by Gasteiger charge is -2.17. The smallest absolute Gasteiger partial charge is 0.0818 e. The summed E-state index contributed by atoms with van der Waals surface area (Å²) < 4.78 is 0. The Kier molecular flexibility index (Phi) is 1.55. The minimum absolute atomic E-state index is 0.382. The minimum atomic E-state index is 0.382. The van der Waals surface area contributed by atoms with E-state index in [4.69, 9.17) is 12.2 Å². The minimum Gasteiger partial charge on any atom is -0.368 e. The Labute approximate surface area is 89.7 Å². The van der Waals surface area contributed by atoms with Gasteiger partial charge in [-0.05, 0) is 12.0 Å². The first-order chi connectivity index (χ1) is 6.74. The normalized spacial score (nSPS) is 34.5. The van der Waals surface area contributed by atoms with E-state index in [0.29, 0.717) is 11.3 Å². The van der Waals surface area contributed by atoms with Crippen molar-refractivity contribution in [1.82, 2.24) is 4.90 Å². The van der Waals surface area contributed by atoms with Gasteiger partial charge in [0.1, 0.15) is 0 Å². The van der Waals surface area contributed by atoms with E-state index in [1.165, 1.54) is 12.0 Å². The lowest BCUT2D eigenvalue weighted by Crippen LogP contribution is -2.24. The van der Waals surface area contributed by atoms with E-state index in [2.05, 4.69) is 42.3 Å². The third kappa shape index (κ3) is 0.921. The van der Waals surface area contributed by atoms with Crippen LogP contribution in [0.3, 0.4) is 0 Å². The van der Waals surface area contributed by atoms with Gasteiger partial charge in [-0.25, -0.2) is 0 Å². The summed E-state index contributed by atoms with van der Waals surface area (Å²) in [7, 11) is 2.11. The summed E-state index contributed by atoms with van der Waals surface area (Å²) in [5, 5.41) is 0. The van der Waals surface area contributed by atoms with Crippen LogP contribution in [0.25, 0.3) is 0 Å². The van der Waals surface area contributed by atoms with Gasteiger partial charge < -0.3 is 4.90 Å². The number of nitrogens with zero attached hydrogens (tertiary/aromatic N) is 1. The highest BCUT2D eigenvalue weighted by molar-refractivity contribution is 7.80. The Hall–Kier alpha value is -0.890. The molecule has 2 fully saturated rings. The number of fused-ring (bicyclic) bond motifs is 1. The molecule has 0 amide bonds. The van der Waals surface area contributed by atoms with Crippen LogP contribution >= 0.6 is 12.2 Å². The quantitative estimate of drug-likeness (QED) is 0.644. The summed E-state index contributed by atoms with van der Waals surface area (Å²) in [5.74, 6) is 0.643. The Morgan fingerprint density at radius 3 is 2.64 bits per heavy atom. The van der Waals surface area contributed by atoms with Crippen LogP contribution in [0.15, 0.2) is 30.3 Å². The molecule has 0 spiro atoms. The maximum atomic E-state index is 5.40. The molecule has 2 heteroatoms. The summed E-state index contributed by atoms with van der Waals surface area (Å²) in [5.41, 5.74) is 1.85. The molecule has 72 valence electrons. The standard InChI is InChI=1S/C12H13NS/c1-13-8-12(7-10(12)11(13)14)9-5-3-2-4-6-9/h2-6,10H,7-8H2,1H3/t10-,12+/m1/s1. The van der Waals surface area contributed by atoms with Crippen LogP contribution < -0.4 is 0 Å². The van der Waals surface area contributed by atoms with Crippen LogP contribution in [0.5, 0.6) is 0 Å². The Morgan fingerprint density at radius 1 is 1.36 bits per heavy atom. The predicted molar refractivity (Wildman–Crippen MR) is 61.5 cm³/mol. The molecule has 1 heterocycles. The molecule has 1 saturated heterocycles. The van der Waals surface area contributed by atoms with Crippen LogP contribution in [-0.2, 0) is 5.41 Å². The summed E-state index contributed by atoms with van der Waals surface area (Å²) in [6.45, 7) is 1.11. The van der Waals surface area contributed by atoms with E-state index in [9.17, 15) is 0 Å². The maximum absolute atomic E-state index is 5.40. The van der Waals surface area contributed by atoms with Gasteiger partial charge in [-0.15, -0.1) is 0 Å². The Balaban J connectivity index is 1.99. The average molecular weight is 203 g/mol. The molecule has 0 bridgehead atoms. The second-order valence-electron chi connectivity index (χ2n) is 4.47. The van der Waals surface area contributed by atoms with Crippen molar-refractivity contribution in [3.05, 3.63) is 35.9 Å². The lowest BCUT2D eigenvalue weighted by atomic mass is 9.95. The monoisotopic (exact) mass is 203 g/mol. The predicted octanol–water partition coefficient (Wildman–Crippen LogP) is 2.22. The summed E-state index contributed by atoms with van der Waals surface area (Å²) >= 11 is 5.40. The fourth-order valence-corrected chi connectivity index (χ4v) is 3.12. The topological polar surface area (TPSA) is 3.24 Å². The second kappa shape index (κ2) is 2.57. The van der Waals surface area contributed by atoms with E-state index >= 15 is 0 Å². The van der Waals surface area contributed by atoms with Crippen LogP contribution in [0, 0.1) is 5.92 Å². The van der Waals surface area contributed by atoms with E-state index in [0.717, 1.165) is 11.5 Å². The lowest BCUT2D eigenvalue weighted by molar-refractivity contribution is 0.479. The van der Waals surface area contributed by atoms with Crippen LogP contribution in [0.2, 0.25) is 0 Å². The molecule has 1 saturated carbocycles. The highest BCUT2D eigenvalue weighted by Crippen LogP contribution is 2.59. The molecule has 2 aliphatic rings. The third-order valence-corrected chi connectivity index (χ3v) is 4.21. The number of likely N-dealkylation sites (tertiary alicyclic amines) is 1. The molecular weight excluding hydrogens is 190 g/mol. The molecular formula is C12H13NS. The van der Waals surface area contributed by atoms with Gasteiger partial charge in [0.2, 0.25) is 0 Å². The molecule has 1 nitrogen and oxygen atoms in total. The van der Waals surface area contributed by atoms with Gasteiger partial charge in [0.25, 0.3) is 0 Å². The molecule has 0 unspecified atom stereocenters. The number of hydrogen-bond donors (Lipinski definition) is 0. The summed E-state index contributed by atoms with van der Waals surface area (Å²) in [4.78, 5) is 3.39. The van der Waals surface area contributed by atoms with Crippen LogP contribution in [0.1, 0.15) is 12.0 Å². The van der Waals surface area contributed by atoms with E-state index in [1.54, 1.807) is 0 Å². The van der Waals surface area contributed by atoms with Crippen molar-refractivity contribution >= 4 is 17.2 Å². The first kappa shape index (κ1) is 8.42. The van der Waals surface area contributed by atoms with E-state index in [-0.39, 0.29) is 0 Å². The van der Waals surface area contributed by atoms with Crippen molar-refractivity contribution in [3.8, 4) is 0 Å². The van der Waals surface area contributed by atoms with Crippen molar-refractivity contribution in [2.45, 2.75) is 11.8 Å². The van der Waals surface area contributed by atoms with Gasteiger partial charge in [-0.3, -0.25) is 0 Å². The highest BCUT2D eigenvalue weighted by Gasteiger charge is 2.62. The summed E-state index contributed by atoms with van der Waals surface area (Å²) in [6.07, 6.45) is 1.26. The Bertz CT molecular complexity index is 387. The number of likely N-dealkylation sites (N-methyl/N-ethyl adjacent to an activating group) is 1. The number of hydrogen-bond acceptors (Lipinski definition) is 1. The first-order valence-corrected chi connectivity index (χ1v) is 5.45. The molecule has 1 aliphatic carbocycles. The van der Waals surface area contributed by atoms with E-state index in [1.807, 2.05) is 0 Å². The zero-order chi connectivity index (χ0) is 9.76. The number of rotatable bonds is 1. The highest BCUT2D eigenvalue weighted by atomic mass is 32.1. The van der Waals surface area contributed by atoms with Gasteiger partial charge in [0.15, 0.2) is 0 Å². The largest absolute Gasteiger partial charge is 0.368 e. The van der Waals surface area contributed by atoms with Crippen molar-refractivity contribution in [2.75, 3.05) is 13.6 Å². The van der Waals surface area contributed by atoms with Crippen molar-refractivity contribution in [3.63, 3.8) is 0 Å². The molecule has 0 radical (unpaired) electrons. The molecule has 1 aliphatic heterocycles. The third-order valence-electron chi connectivity index (χ3n) is 3.62. The van der Waals surface area contributed by atoms with Gasteiger partial charge in [0.05, 0.1) is 4.99 Å². The molecule has 3 rings (SSSR count). The van der Waals surface area contributed by atoms with E-state index < -0.39 is 0 Å². The van der Waals surface area contributed by atoms with Crippen molar-refractivity contribution in [1.29, 1.82) is 0 Å².